The van der Waals surface area contributed by atoms with E-state index in [9.17, 15) is 9.59 Å². The van der Waals surface area contributed by atoms with E-state index in [-0.39, 0.29) is 29.2 Å². The molecule has 4 rings (SSSR count). The summed E-state index contributed by atoms with van der Waals surface area (Å²) in [5.41, 5.74) is 2.37. The zero-order valence-corrected chi connectivity index (χ0v) is 21.8. The van der Waals surface area contributed by atoms with Gasteiger partial charge in [0.05, 0.1) is 5.92 Å². The van der Waals surface area contributed by atoms with Crippen LogP contribution in [0.2, 0.25) is 0 Å². The molecule has 2 N–H and O–H groups in total. The number of nitrogens with zero attached hydrogens (tertiary/aromatic N) is 2. The third-order valence-corrected chi connectivity index (χ3v) is 6.99. The van der Waals surface area contributed by atoms with Gasteiger partial charge < -0.3 is 24.8 Å². The smallest absolute Gasteiger partial charge is 0.227 e. The van der Waals surface area contributed by atoms with Gasteiger partial charge in [0, 0.05) is 75.5 Å². The largest absolute Gasteiger partial charge is 0.385 e. The van der Waals surface area contributed by atoms with Crippen molar-refractivity contribution in [3.8, 4) is 0 Å². The Bertz CT molecular complexity index is 1020. The van der Waals surface area contributed by atoms with Gasteiger partial charge in [0.2, 0.25) is 11.8 Å². The van der Waals surface area contributed by atoms with Gasteiger partial charge in [-0.1, -0.05) is 39.0 Å². The van der Waals surface area contributed by atoms with Crippen LogP contribution < -0.4 is 10.6 Å². The first-order valence-corrected chi connectivity index (χ1v) is 13.1. The van der Waals surface area contributed by atoms with Crippen LogP contribution in [0.1, 0.15) is 58.4 Å². The molecule has 0 spiro atoms. The zero-order valence-electron chi connectivity index (χ0n) is 21.8. The number of methoxy groups -OCH3 is 1. The average Bonchev–Trinajstić information content (AvgIpc) is 3.59. The van der Waals surface area contributed by atoms with Crippen molar-refractivity contribution >= 4 is 22.7 Å². The van der Waals surface area contributed by atoms with E-state index in [1.807, 2.05) is 0 Å². The van der Waals surface area contributed by atoms with E-state index in [2.05, 4.69) is 71.3 Å². The quantitative estimate of drug-likeness (QED) is 0.507. The van der Waals surface area contributed by atoms with Crippen molar-refractivity contribution in [3.63, 3.8) is 0 Å². The minimum Gasteiger partial charge on any atom is -0.385 e. The number of carbonyl (C=O) groups is 2. The van der Waals surface area contributed by atoms with E-state index in [0.717, 1.165) is 39.0 Å². The Labute approximate surface area is 209 Å². The molecule has 1 aliphatic carbocycles. The number of piperidine rings is 1. The van der Waals surface area contributed by atoms with Gasteiger partial charge >= 0.3 is 0 Å². The predicted molar refractivity (Wildman–Crippen MR) is 139 cm³/mol. The Kier molecular flexibility index (Phi) is 8.17. The number of hydrogen-bond donors (Lipinski definition) is 2. The zero-order chi connectivity index (χ0) is 25.0. The molecule has 2 amide bonds. The number of hydrogen-bond acceptors (Lipinski definition) is 4. The van der Waals surface area contributed by atoms with E-state index >= 15 is 0 Å². The maximum atomic E-state index is 13.7. The summed E-state index contributed by atoms with van der Waals surface area (Å²) in [5, 5.41) is 7.78. The fourth-order valence-corrected chi connectivity index (χ4v) is 5.20. The first-order valence-electron chi connectivity index (χ1n) is 13.1. The molecule has 1 saturated heterocycles. The van der Waals surface area contributed by atoms with E-state index in [1.165, 1.54) is 16.5 Å². The second-order valence-electron chi connectivity index (χ2n) is 11.5. The van der Waals surface area contributed by atoms with E-state index in [1.54, 1.807) is 7.11 Å². The molecule has 2 fully saturated rings. The van der Waals surface area contributed by atoms with Gasteiger partial charge in [0.1, 0.15) is 0 Å². The highest BCUT2D eigenvalue weighted by atomic mass is 16.5. The van der Waals surface area contributed by atoms with Gasteiger partial charge in [-0.25, -0.2) is 0 Å². The molecule has 1 aromatic carbocycles. The number of rotatable bonds is 10. The number of para-hydroxylation sites is 1. The molecule has 1 aliphatic heterocycles. The summed E-state index contributed by atoms with van der Waals surface area (Å²) < 4.78 is 7.54. The number of aryl methyl sites for hydroxylation is 1. The maximum Gasteiger partial charge on any atom is 0.227 e. The highest BCUT2D eigenvalue weighted by molar-refractivity contribution is 5.85. The van der Waals surface area contributed by atoms with Gasteiger partial charge in [0.15, 0.2) is 0 Å². The van der Waals surface area contributed by atoms with Crippen molar-refractivity contribution in [3.05, 3.63) is 36.0 Å². The number of aromatic nitrogens is 1. The van der Waals surface area contributed by atoms with Crippen LogP contribution in [-0.4, -0.2) is 60.2 Å². The lowest BCUT2D eigenvalue weighted by Gasteiger charge is -2.34. The molecule has 1 saturated carbocycles. The van der Waals surface area contributed by atoms with Crippen molar-refractivity contribution in [1.82, 2.24) is 20.1 Å². The molecule has 0 radical (unpaired) electrons. The lowest BCUT2D eigenvalue weighted by molar-refractivity contribution is -0.138. The third kappa shape index (κ3) is 6.85. The Morgan fingerprint density at radius 1 is 1.20 bits per heavy atom. The monoisotopic (exact) mass is 482 g/mol. The van der Waals surface area contributed by atoms with Gasteiger partial charge in [0.25, 0.3) is 0 Å². The predicted octanol–water partition coefficient (Wildman–Crippen LogP) is 3.70. The van der Waals surface area contributed by atoms with E-state index in [4.69, 9.17) is 4.74 Å². The number of carbonyl (C=O) groups excluding carboxylic acids is 2. The van der Waals surface area contributed by atoms with Crippen LogP contribution >= 0.6 is 0 Å². The molecule has 7 nitrogen and oxygen atoms in total. The number of amides is 2. The van der Waals surface area contributed by atoms with Gasteiger partial charge in [-0.2, -0.15) is 0 Å². The van der Waals surface area contributed by atoms with Gasteiger partial charge in [-0.05, 0) is 42.7 Å². The highest BCUT2D eigenvalue weighted by Crippen LogP contribution is 2.33. The molecule has 2 aromatic rings. The number of nitrogens with one attached hydrogen (secondary N) is 2. The van der Waals surface area contributed by atoms with Crippen LogP contribution in [0.3, 0.4) is 0 Å². The topological polar surface area (TPSA) is 75.6 Å². The second-order valence-corrected chi connectivity index (χ2v) is 11.5. The average molecular weight is 483 g/mol. The maximum absolute atomic E-state index is 13.7. The third-order valence-electron chi connectivity index (χ3n) is 6.99. The van der Waals surface area contributed by atoms with Crippen LogP contribution in [0.15, 0.2) is 30.5 Å². The summed E-state index contributed by atoms with van der Waals surface area (Å²) in [6, 6.07) is 8.79. The van der Waals surface area contributed by atoms with Crippen LogP contribution in [0.4, 0.5) is 0 Å². The Hall–Kier alpha value is -2.38. The standard InChI is InChI=1S/C28H42N4O3/c1-28(2,3)15-26(33)30-22-14-20(16-29-17-22)27(34)32(23-10-11-23)19-21-18-31(12-7-13-35-4)25-9-6-5-8-24(21)25/h5-6,8-9,18,20,22-23,29H,7,10-17,19H2,1-4H3,(H,30,33)/t20-,22+/m0/s1. The molecule has 2 atom stereocenters. The number of benzene rings is 1. The molecule has 7 heteroatoms. The van der Waals surface area contributed by atoms with Gasteiger partial charge in [-0.3, -0.25) is 9.59 Å². The summed E-state index contributed by atoms with van der Waals surface area (Å²) in [7, 11) is 1.74. The van der Waals surface area contributed by atoms with Crippen molar-refractivity contribution in [1.29, 1.82) is 0 Å². The summed E-state index contributed by atoms with van der Waals surface area (Å²) in [6.45, 7) is 9.87. The SMILES string of the molecule is COCCCn1cc(CN(C(=O)[C@@H]2CNC[C@H](NC(=O)CC(C)(C)C)C2)C2CC2)c2ccccc21. The van der Waals surface area contributed by atoms with E-state index in [0.29, 0.717) is 32.0 Å². The fourth-order valence-electron chi connectivity index (χ4n) is 5.20. The normalized spacial score (nSPS) is 20.7. The van der Waals surface area contributed by atoms with Crippen molar-refractivity contribution in [2.45, 2.75) is 78.0 Å². The molecule has 0 bridgehead atoms. The first-order chi connectivity index (χ1) is 16.7. The Balaban J connectivity index is 1.45. The molecule has 1 aromatic heterocycles. The van der Waals surface area contributed by atoms with Crippen LogP contribution in [0.25, 0.3) is 10.9 Å². The van der Waals surface area contributed by atoms with Crippen LogP contribution in [0.5, 0.6) is 0 Å². The Morgan fingerprint density at radius 3 is 2.69 bits per heavy atom. The van der Waals surface area contributed by atoms with Crippen molar-refractivity contribution < 1.29 is 14.3 Å². The number of fused-ring (bicyclic) bond motifs is 1. The fraction of sp³-hybridized carbons (Fsp3) is 0.643. The van der Waals surface area contributed by atoms with Crippen molar-refractivity contribution in [2.24, 2.45) is 11.3 Å². The minimum absolute atomic E-state index is 0.00342. The Morgan fingerprint density at radius 2 is 1.97 bits per heavy atom. The summed E-state index contributed by atoms with van der Waals surface area (Å²) in [4.78, 5) is 28.3. The van der Waals surface area contributed by atoms with E-state index < -0.39 is 0 Å². The molecular formula is C28H42N4O3. The van der Waals surface area contributed by atoms with Crippen LogP contribution in [-0.2, 0) is 27.4 Å². The summed E-state index contributed by atoms with van der Waals surface area (Å²) >= 11 is 0. The molecule has 35 heavy (non-hydrogen) atoms. The molecule has 2 aliphatic rings. The lowest BCUT2D eigenvalue weighted by Crippen LogP contribution is -2.53. The number of ether oxygens (including phenoxy) is 1. The lowest BCUT2D eigenvalue weighted by atomic mass is 9.90. The van der Waals surface area contributed by atoms with Crippen molar-refractivity contribution in [2.75, 3.05) is 26.8 Å². The highest BCUT2D eigenvalue weighted by Gasteiger charge is 2.38. The minimum atomic E-state index is -0.112. The first kappa shape index (κ1) is 25.7. The summed E-state index contributed by atoms with van der Waals surface area (Å²) in [6.07, 6.45) is 6.51. The second kappa shape index (κ2) is 11.1. The molecular weight excluding hydrogens is 440 g/mol. The van der Waals surface area contributed by atoms with Crippen LogP contribution in [0, 0.1) is 11.3 Å². The molecule has 2 heterocycles. The molecule has 192 valence electrons. The van der Waals surface area contributed by atoms with Gasteiger partial charge in [-0.15, -0.1) is 0 Å². The summed E-state index contributed by atoms with van der Waals surface area (Å²) in [5.74, 6) is 0.169. The molecule has 0 unspecified atom stereocenters.